The van der Waals surface area contributed by atoms with Gasteiger partial charge in [0, 0.05) is 5.02 Å². The maximum atomic E-state index is 11.8. The lowest BCUT2D eigenvalue weighted by atomic mass is 9.79. The third-order valence-electron chi connectivity index (χ3n) is 3.64. The van der Waals surface area contributed by atoms with Crippen LogP contribution in [-0.4, -0.2) is 25.2 Å². The highest BCUT2D eigenvalue weighted by atomic mass is 35.5. The van der Waals surface area contributed by atoms with Crippen LogP contribution in [0.2, 0.25) is 5.02 Å². The van der Waals surface area contributed by atoms with E-state index in [2.05, 4.69) is 5.32 Å². The van der Waals surface area contributed by atoms with Crippen molar-refractivity contribution >= 4 is 17.6 Å². The maximum Gasteiger partial charge on any atom is 0.325 e. The number of piperidine rings is 1. The summed E-state index contributed by atoms with van der Waals surface area (Å²) in [5.41, 5.74) is 0.646. The third-order valence-corrected chi connectivity index (χ3v) is 3.89. The maximum absolute atomic E-state index is 11.8. The average molecular weight is 268 g/mol. The fourth-order valence-electron chi connectivity index (χ4n) is 2.59. The van der Waals surface area contributed by atoms with E-state index in [0.29, 0.717) is 5.92 Å². The first-order valence-corrected chi connectivity index (χ1v) is 6.52. The van der Waals surface area contributed by atoms with Crippen LogP contribution < -0.4 is 5.32 Å². The van der Waals surface area contributed by atoms with E-state index < -0.39 is 5.54 Å². The molecule has 2 rings (SSSR count). The van der Waals surface area contributed by atoms with Crippen molar-refractivity contribution in [3.8, 4) is 0 Å². The van der Waals surface area contributed by atoms with Crippen LogP contribution in [0.5, 0.6) is 0 Å². The molecule has 1 fully saturated rings. The van der Waals surface area contributed by atoms with Crippen molar-refractivity contribution in [3.05, 3.63) is 34.9 Å². The highest BCUT2D eigenvalue weighted by Crippen LogP contribution is 2.33. The van der Waals surface area contributed by atoms with Crippen molar-refractivity contribution in [3.63, 3.8) is 0 Å². The molecule has 1 heterocycles. The Morgan fingerprint density at radius 2 is 2.11 bits per heavy atom. The van der Waals surface area contributed by atoms with Crippen LogP contribution in [0.25, 0.3) is 0 Å². The summed E-state index contributed by atoms with van der Waals surface area (Å²) in [5.74, 6) is 0.175. The van der Waals surface area contributed by atoms with Crippen LogP contribution in [0, 0.1) is 0 Å². The zero-order valence-electron chi connectivity index (χ0n) is 10.7. The Hall–Kier alpha value is -1.06. The van der Waals surface area contributed by atoms with Gasteiger partial charge in [-0.15, -0.1) is 0 Å². The van der Waals surface area contributed by atoms with E-state index in [-0.39, 0.29) is 5.97 Å². The number of rotatable bonds is 2. The average Bonchev–Trinajstić information content (AvgIpc) is 2.38. The molecule has 1 aliphatic heterocycles. The number of esters is 1. The van der Waals surface area contributed by atoms with Gasteiger partial charge in [0.05, 0.1) is 7.11 Å². The molecule has 0 saturated carbocycles. The number of hydrogen-bond acceptors (Lipinski definition) is 3. The second kappa shape index (κ2) is 5.29. The minimum absolute atomic E-state index is 0.193. The van der Waals surface area contributed by atoms with Crippen molar-refractivity contribution in [1.29, 1.82) is 0 Å². The molecule has 18 heavy (non-hydrogen) atoms. The minimum atomic E-state index is -0.586. The van der Waals surface area contributed by atoms with Gasteiger partial charge in [0.25, 0.3) is 0 Å². The molecule has 0 radical (unpaired) electrons. The van der Waals surface area contributed by atoms with Gasteiger partial charge in [0.15, 0.2) is 0 Å². The van der Waals surface area contributed by atoms with Crippen LogP contribution in [-0.2, 0) is 9.53 Å². The van der Waals surface area contributed by atoms with E-state index in [0.717, 1.165) is 24.4 Å². The van der Waals surface area contributed by atoms with Gasteiger partial charge in [-0.2, -0.15) is 0 Å². The zero-order chi connectivity index (χ0) is 13.2. The first-order chi connectivity index (χ1) is 8.55. The lowest BCUT2D eigenvalue weighted by molar-refractivity contribution is -0.149. The van der Waals surface area contributed by atoms with Gasteiger partial charge in [-0.05, 0) is 49.9 Å². The molecule has 0 bridgehead atoms. The Kier molecular flexibility index (Phi) is 3.93. The monoisotopic (exact) mass is 267 g/mol. The molecule has 1 N–H and O–H groups in total. The normalized spacial score (nSPS) is 27.8. The largest absolute Gasteiger partial charge is 0.468 e. The number of methoxy groups -OCH3 is 1. The van der Waals surface area contributed by atoms with E-state index in [9.17, 15) is 4.79 Å². The molecule has 1 saturated heterocycles. The Morgan fingerprint density at radius 3 is 2.72 bits per heavy atom. The molecule has 2 atom stereocenters. The summed E-state index contributed by atoms with van der Waals surface area (Å²) in [6.07, 6.45) is 1.77. The molecular weight excluding hydrogens is 250 g/mol. The van der Waals surface area contributed by atoms with Gasteiger partial charge >= 0.3 is 5.97 Å². The molecule has 0 spiro atoms. The van der Waals surface area contributed by atoms with Gasteiger partial charge < -0.3 is 10.1 Å². The van der Waals surface area contributed by atoms with Crippen molar-refractivity contribution in [2.45, 2.75) is 31.2 Å². The van der Waals surface area contributed by atoms with Crippen molar-refractivity contribution in [1.82, 2.24) is 5.32 Å². The van der Waals surface area contributed by atoms with Crippen molar-refractivity contribution < 1.29 is 9.53 Å². The van der Waals surface area contributed by atoms with Gasteiger partial charge in [-0.25, -0.2) is 0 Å². The molecule has 1 aromatic carbocycles. The molecule has 1 aliphatic rings. The van der Waals surface area contributed by atoms with E-state index in [1.807, 2.05) is 31.2 Å². The van der Waals surface area contributed by atoms with Crippen LogP contribution in [0.1, 0.15) is 31.2 Å². The highest BCUT2D eigenvalue weighted by Gasteiger charge is 2.39. The fourth-order valence-corrected chi connectivity index (χ4v) is 2.72. The van der Waals surface area contributed by atoms with Crippen LogP contribution in [0.3, 0.4) is 0 Å². The summed E-state index contributed by atoms with van der Waals surface area (Å²) in [5, 5.41) is 4.00. The molecule has 3 nitrogen and oxygen atoms in total. The Balaban J connectivity index is 2.16. The number of hydrogen-bond donors (Lipinski definition) is 1. The molecule has 2 unspecified atom stereocenters. The summed E-state index contributed by atoms with van der Waals surface area (Å²) in [6.45, 7) is 2.72. The Morgan fingerprint density at radius 1 is 1.44 bits per heavy atom. The third kappa shape index (κ3) is 2.68. The predicted molar refractivity (Wildman–Crippen MR) is 71.9 cm³/mol. The van der Waals surface area contributed by atoms with E-state index in [4.69, 9.17) is 16.3 Å². The summed E-state index contributed by atoms with van der Waals surface area (Å²) in [6, 6.07) is 7.87. The Bertz CT molecular complexity index is 432. The van der Waals surface area contributed by atoms with Crippen LogP contribution >= 0.6 is 11.6 Å². The van der Waals surface area contributed by atoms with Gasteiger partial charge in [-0.1, -0.05) is 23.7 Å². The summed E-state index contributed by atoms with van der Waals surface area (Å²) in [7, 11) is 1.43. The topological polar surface area (TPSA) is 38.3 Å². The molecule has 0 aromatic heterocycles. The quantitative estimate of drug-likeness (QED) is 0.838. The van der Waals surface area contributed by atoms with Crippen LogP contribution in [0.15, 0.2) is 24.3 Å². The van der Waals surface area contributed by atoms with E-state index in [1.165, 1.54) is 12.7 Å². The standard InChI is InChI=1S/C14H18ClNO2/c1-14(13(17)18-2)9-11(7-8-16-14)10-3-5-12(15)6-4-10/h3-6,11,16H,7-9H2,1-2H3. The minimum Gasteiger partial charge on any atom is -0.468 e. The molecule has 1 aromatic rings. The SMILES string of the molecule is COC(=O)C1(C)CC(c2ccc(Cl)cc2)CCN1. The molecule has 4 heteroatoms. The molecular formula is C14H18ClNO2. The van der Waals surface area contributed by atoms with E-state index in [1.54, 1.807) is 0 Å². The lowest BCUT2D eigenvalue weighted by Crippen LogP contribution is -2.54. The van der Waals surface area contributed by atoms with Crippen molar-refractivity contribution in [2.75, 3.05) is 13.7 Å². The number of carbonyl (C=O) groups is 1. The first-order valence-electron chi connectivity index (χ1n) is 6.14. The van der Waals surface area contributed by atoms with Gasteiger partial charge in [0.2, 0.25) is 0 Å². The predicted octanol–water partition coefficient (Wildman–Crippen LogP) is 2.74. The lowest BCUT2D eigenvalue weighted by Gasteiger charge is -2.37. The number of carbonyl (C=O) groups excluding carboxylic acids is 1. The van der Waals surface area contributed by atoms with Crippen LogP contribution in [0.4, 0.5) is 0 Å². The highest BCUT2D eigenvalue weighted by molar-refractivity contribution is 6.30. The van der Waals surface area contributed by atoms with Crippen molar-refractivity contribution in [2.24, 2.45) is 0 Å². The molecule has 98 valence electrons. The number of nitrogens with one attached hydrogen (secondary N) is 1. The van der Waals surface area contributed by atoms with Gasteiger partial charge in [-0.3, -0.25) is 4.79 Å². The van der Waals surface area contributed by atoms with E-state index >= 15 is 0 Å². The summed E-state index contributed by atoms with van der Waals surface area (Å²) >= 11 is 5.89. The fraction of sp³-hybridized carbons (Fsp3) is 0.500. The first kappa shape index (κ1) is 13.4. The molecule has 0 amide bonds. The smallest absolute Gasteiger partial charge is 0.325 e. The zero-order valence-corrected chi connectivity index (χ0v) is 11.5. The van der Waals surface area contributed by atoms with Gasteiger partial charge in [0.1, 0.15) is 5.54 Å². The summed E-state index contributed by atoms with van der Waals surface area (Å²) in [4.78, 5) is 11.8. The molecule has 0 aliphatic carbocycles. The number of halogens is 1. The number of ether oxygens (including phenoxy) is 1. The summed E-state index contributed by atoms with van der Waals surface area (Å²) < 4.78 is 4.87. The Labute approximate surface area is 112 Å². The number of benzene rings is 1. The second-order valence-corrected chi connectivity index (χ2v) is 5.43. The second-order valence-electron chi connectivity index (χ2n) is 4.99.